The van der Waals surface area contributed by atoms with Gasteiger partial charge in [-0.1, -0.05) is 20.8 Å². The summed E-state index contributed by atoms with van der Waals surface area (Å²) in [6.45, 7) is 9.82. The summed E-state index contributed by atoms with van der Waals surface area (Å²) in [6.07, 6.45) is 1.84. The normalized spacial score (nSPS) is 12.1. The van der Waals surface area contributed by atoms with Crippen LogP contribution in [-0.4, -0.2) is 41.1 Å². The number of urea groups is 1. The molecule has 112 valence electrons. The lowest BCUT2D eigenvalue weighted by atomic mass is 9.82. The molecular weight excluding hydrogens is 244 g/mol. The van der Waals surface area contributed by atoms with Crippen molar-refractivity contribution in [3.8, 4) is 0 Å². The van der Waals surface area contributed by atoms with E-state index in [1.165, 1.54) is 0 Å². The second-order valence-corrected chi connectivity index (χ2v) is 5.68. The summed E-state index contributed by atoms with van der Waals surface area (Å²) in [7, 11) is 1.74. The fourth-order valence-electron chi connectivity index (χ4n) is 1.75. The molecule has 0 aromatic heterocycles. The van der Waals surface area contributed by atoms with Crippen LogP contribution in [0.2, 0.25) is 0 Å². The number of nitrogens with one attached hydrogen (secondary N) is 1. The van der Waals surface area contributed by atoms with Gasteiger partial charge in [-0.3, -0.25) is 4.79 Å². The van der Waals surface area contributed by atoms with Gasteiger partial charge in [0.2, 0.25) is 0 Å². The number of nitrogens with zero attached hydrogens (tertiary/aromatic N) is 1. The van der Waals surface area contributed by atoms with Crippen molar-refractivity contribution in [1.82, 2.24) is 10.2 Å². The summed E-state index contributed by atoms with van der Waals surface area (Å²) in [6, 6.07) is -0.223. The van der Waals surface area contributed by atoms with Crippen molar-refractivity contribution in [1.29, 1.82) is 0 Å². The van der Waals surface area contributed by atoms with Gasteiger partial charge >= 0.3 is 12.0 Å². The Kier molecular flexibility index (Phi) is 6.33. The zero-order valence-electron chi connectivity index (χ0n) is 13.0. The quantitative estimate of drug-likeness (QED) is 0.748. The molecule has 0 rings (SSSR count). The third kappa shape index (κ3) is 4.11. The first-order valence-electron chi connectivity index (χ1n) is 6.92. The average molecular weight is 272 g/mol. The minimum Gasteiger partial charge on any atom is -0.481 e. The highest BCUT2D eigenvalue weighted by atomic mass is 16.4. The van der Waals surface area contributed by atoms with Crippen molar-refractivity contribution in [3.05, 3.63) is 0 Å². The van der Waals surface area contributed by atoms with Crippen LogP contribution in [0.4, 0.5) is 4.79 Å². The Morgan fingerprint density at radius 1 is 1.11 bits per heavy atom. The largest absolute Gasteiger partial charge is 0.481 e. The molecule has 0 spiro atoms. The van der Waals surface area contributed by atoms with Crippen molar-refractivity contribution in [2.75, 3.05) is 13.6 Å². The Morgan fingerprint density at radius 2 is 1.58 bits per heavy atom. The fraction of sp³-hybridized carbons (Fsp3) is 0.857. The molecular formula is C14H28N2O3. The molecule has 0 radical (unpaired) electrons. The summed E-state index contributed by atoms with van der Waals surface area (Å²) in [5.41, 5.74) is -1.11. The summed E-state index contributed by atoms with van der Waals surface area (Å²) in [5.74, 6) is -0.852. The van der Waals surface area contributed by atoms with Crippen LogP contribution in [0.25, 0.3) is 0 Å². The van der Waals surface area contributed by atoms with Crippen LogP contribution < -0.4 is 5.32 Å². The standard InChI is InChI=1S/C14H28N2O3/c1-7-13(4,5)16(6)12(19)15-10-14(8-2,9-3)11(17)18/h7-10H2,1-6H3,(H,15,19)(H,17,18). The molecule has 0 fully saturated rings. The smallest absolute Gasteiger partial charge is 0.317 e. The number of carbonyl (C=O) groups excluding carboxylic acids is 1. The zero-order chi connectivity index (χ0) is 15.3. The molecule has 0 aliphatic heterocycles. The summed E-state index contributed by atoms with van der Waals surface area (Å²) < 4.78 is 0. The molecule has 0 heterocycles. The molecule has 2 N–H and O–H groups in total. The Labute approximate surface area is 116 Å². The molecule has 0 aromatic carbocycles. The molecule has 0 saturated heterocycles. The van der Waals surface area contributed by atoms with E-state index in [2.05, 4.69) is 5.32 Å². The van der Waals surface area contributed by atoms with Crippen LogP contribution in [0.1, 0.15) is 53.9 Å². The van der Waals surface area contributed by atoms with Gasteiger partial charge in [0.25, 0.3) is 0 Å². The SMILES string of the molecule is CCC(CC)(CNC(=O)N(C)C(C)(C)CC)C(=O)O. The molecule has 0 aromatic rings. The summed E-state index contributed by atoms with van der Waals surface area (Å²) in [5, 5.41) is 12.1. The third-order valence-electron chi connectivity index (χ3n) is 4.46. The van der Waals surface area contributed by atoms with Crippen molar-refractivity contribution in [3.63, 3.8) is 0 Å². The molecule has 0 saturated carbocycles. The molecule has 0 aliphatic carbocycles. The Morgan fingerprint density at radius 3 is 1.89 bits per heavy atom. The number of hydrogen-bond acceptors (Lipinski definition) is 2. The van der Waals surface area contributed by atoms with Crippen LogP contribution in [-0.2, 0) is 4.79 Å². The lowest BCUT2D eigenvalue weighted by Gasteiger charge is -2.36. The predicted molar refractivity (Wildman–Crippen MR) is 76.2 cm³/mol. The first-order valence-corrected chi connectivity index (χ1v) is 6.92. The summed E-state index contributed by atoms with van der Waals surface area (Å²) in [4.78, 5) is 25.1. The average Bonchev–Trinajstić information content (AvgIpc) is 2.38. The fourth-order valence-corrected chi connectivity index (χ4v) is 1.75. The zero-order valence-corrected chi connectivity index (χ0v) is 13.0. The van der Waals surface area contributed by atoms with Gasteiger partial charge < -0.3 is 15.3 Å². The van der Waals surface area contributed by atoms with Gasteiger partial charge in [-0.15, -0.1) is 0 Å². The van der Waals surface area contributed by atoms with E-state index in [-0.39, 0.29) is 18.1 Å². The van der Waals surface area contributed by atoms with Crippen LogP contribution in [0.5, 0.6) is 0 Å². The van der Waals surface area contributed by atoms with Crippen LogP contribution in [0.15, 0.2) is 0 Å². The Balaban J connectivity index is 4.71. The van der Waals surface area contributed by atoms with E-state index in [1.807, 2.05) is 34.6 Å². The Bertz CT molecular complexity index is 323. The van der Waals surface area contributed by atoms with Crippen molar-refractivity contribution in [2.45, 2.75) is 59.4 Å². The van der Waals surface area contributed by atoms with E-state index < -0.39 is 11.4 Å². The van der Waals surface area contributed by atoms with Gasteiger partial charge in [-0.2, -0.15) is 0 Å². The van der Waals surface area contributed by atoms with E-state index >= 15 is 0 Å². The number of amides is 2. The third-order valence-corrected chi connectivity index (χ3v) is 4.46. The first kappa shape index (κ1) is 17.7. The van der Waals surface area contributed by atoms with Crippen molar-refractivity contribution >= 4 is 12.0 Å². The van der Waals surface area contributed by atoms with Crippen molar-refractivity contribution in [2.24, 2.45) is 5.41 Å². The first-order chi connectivity index (χ1) is 8.66. The molecule has 0 unspecified atom stereocenters. The highest BCUT2D eigenvalue weighted by Gasteiger charge is 2.36. The maximum Gasteiger partial charge on any atom is 0.317 e. The minimum absolute atomic E-state index is 0.165. The van der Waals surface area contributed by atoms with Gasteiger partial charge in [0.05, 0.1) is 5.41 Å². The number of hydrogen-bond donors (Lipinski definition) is 2. The van der Waals surface area contributed by atoms with E-state index in [1.54, 1.807) is 11.9 Å². The number of aliphatic carboxylic acids is 1. The van der Waals surface area contributed by atoms with Gasteiger partial charge in [-0.05, 0) is 33.1 Å². The van der Waals surface area contributed by atoms with Crippen LogP contribution >= 0.6 is 0 Å². The van der Waals surface area contributed by atoms with Gasteiger partial charge in [0, 0.05) is 19.1 Å². The lowest BCUT2D eigenvalue weighted by molar-refractivity contribution is -0.149. The second kappa shape index (κ2) is 6.78. The molecule has 0 bridgehead atoms. The number of rotatable bonds is 7. The maximum absolute atomic E-state index is 12.1. The molecule has 0 atom stereocenters. The van der Waals surface area contributed by atoms with Gasteiger partial charge in [-0.25, -0.2) is 4.79 Å². The Hall–Kier alpha value is -1.26. The molecule has 5 heteroatoms. The number of carboxylic acids is 1. The molecule has 19 heavy (non-hydrogen) atoms. The maximum atomic E-state index is 12.1. The van der Waals surface area contributed by atoms with E-state index in [0.29, 0.717) is 12.8 Å². The monoisotopic (exact) mass is 272 g/mol. The molecule has 0 aliphatic rings. The lowest BCUT2D eigenvalue weighted by Crippen LogP contribution is -2.52. The number of carboxylic acid groups (broad SMARTS) is 1. The highest BCUT2D eigenvalue weighted by Crippen LogP contribution is 2.26. The number of carbonyl (C=O) groups is 2. The van der Waals surface area contributed by atoms with E-state index in [9.17, 15) is 14.7 Å². The second-order valence-electron chi connectivity index (χ2n) is 5.68. The van der Waals surface area contributed by atoms with Crippen LogP contribution in [0.3, 0.4) is 0 Å². The minimum atomic E-state index is -0.868. The molecule has 2 amide bonds. The van der Waals surface area contributed by atoms with Crippen LogP contribution in [0, 0.1) is 5.41 Å². The topological polar surface area (TPSA) is 69.6 Å². The van der Waals surface area contributed by atoms with E-state index in [4.69, 9.17) is 0 Å². The van der Waals surface area contributed by atoms with E-state index in [0.717, 1.165) is 6.42 Å². The predicted octanol–water partition coefficient (Wildman–Crippen LogP) is 2.71. The van der Waals surface area contributed by atoms with Crippen molar-refractivity contribution < 1.29 is 14.7 Å². The molecule has 5 nitrogen and oxygen atoms in total. The van der Waals surface area contributed by atoms with Gasteiger partial charge in [0.15, 0.2) is 0 Å². The highest BCUT2D eigenvalue weighted by molar-refractivity contribution is 5.78. The van der Waals surface area contributed by atoms with Gasteiger partial charge in [0.1, 0.15) is 0 Å². The summed E-state index contributed by atoms with van der Waals surface area (Å²) >= 11 is 0.